The number of carboxylic acids is 1. The van der Waals surface area contributed by atoms with Gasteiger partial charge < -0.3 is 15.7 Å². The summed E-state index contributed by atoms with van der Waals surface area (Å²) < 4.78 is 0. The van der Waals surface area contributed by atoms with Gasteiger partial charge in [0, 0.05) is 12.3 Å². The summed E-state index contributed by atoms with van der Waals surface area (Å²) in [5.41, 5.74) is 5.67. The second-order valence-electron chi connectivity index (χ2n) is 4.90. The lowest BCUT2D eigenvalue weighted by atomic mass is 10.0. The SMILES string of the molecule is CCCC(CN)C(=O)N1C(CCC)SCC1C(=O)O. The third-order valence-electron chi connectivity index (χ3n) is 3.44. The van der Waals surface area contributed by atoms with E-state index in [1.54, 1.807) is 16.7 Å². The Morgan fingerprint density at radius 3 is 2.58 bits per heavy atom. The Balaban J connectivity index is 2.87. The van der Waals surface area contributed by atoms with Gasteiger partial charge in [-0.25, -0.2) is 4.79 Å². The molecule has 0 saturated carbocycles. The largest absolute Gasteiger partial charge is 0.480 e. The van der Waals surface area contributed by atoms with Gasteiger partial charge in [-0.3, -0.25) is 4.79 Å². The smallest absolute Gasteiger partial charge is 0.327 e. The predicted molar refractivity (Wildman–Crippen MR) is 76.9 cm³/mol. The minimum atomic E-state index is -0.910. The van der Waals surface area contributed by atoms with Gasteiger partial charge in [-0.15, -0.1) is 11.8 Å². The van der Waals surface area contributed by atoms with Crippen LogP contribution in [-0.4, -0.2) is 45.6 Å². The summed E-state index contributed by atoms with van der Waals surface area (Å²) in [5, 5.41) is 9.25. The Bertz CT molecular complexity index is 325. The zero-order valence-electron chi connectivity index (χ0n) is 11.7. The first-order chi connectivity index (χ1) is 9.06. The molecule has 0 aromatic carbocycles. The van der Waals surface area contributed by atoms with E-state index < -0.39 is 12.0 Å². The summed E-state index contributed by atoms with van der Waals surface area (Å²) in [4.78, 5) is 25.4. The van der Waals surface area contributed by atoms with E-state index in [1.807, 2.05) is 13.8 Å². The molecule has 3 atom stereocenters. The molecule has 1 fully saturated rings. The summed E-state index contributed by atoms with van der Waals surface area (Å²) in [6, 6.07) is -0.694. The molecule has 0 aromatic heterocycles. The zero-order valence-corrected chi connectivity index (χ0v) is 12.5. The molecule has 3 unspecified atom stereocenters. The average Bonchev–Trinajstić information content (AvgIpc) is 2.79. The van der Waals surface area contributed by atoms with Crippen LogP contribution in [0, 0.1) is 5.92 Å². The fraction of sp³-hybridized carbons (Fsp3) is 0.846. The number of carboxylic acid groups (broad SMARTS) is 1. The van der Waals surface area contributed by atoms with Gasteiger partial charge >= 0.3 is 5.97 Å². The van der Waals surface area contributed by atoms with Crippen molar-refractivity contribution in [3.05, 3.63) is 0 Å². The van der Waals surface area contributed by atoms with Gasteiger partial charge in [-0.1, -0.05) is 26.7 Å². The lowest BCUT2D eigenvalue weighted by Gasteiger charge is -2.30. The highest BCUT2D eigenvalue weighted by atomic mass is 32.2. The van der Waals surface area contributed by atoms with E-state index in [9.17, 15) is 14.7 Å². The molecule has 1 aliphatic rings. The van der Waals surface area contributed by atoms with Gasteiger partial charge in [0.25, 0.3) is 0 Å². The number of hydrogen-bond donors (Lipinski definition) is 2. The maximum Gasteiger partial charge on any atom is 0.327 e. The summed E-state index contributed by atoms with van der Waals surface area (Å²) in [5.74, 6) is -0.758. The van der Waals surface area contributed by atoms with E-state index in [1.165, 1.54) is 0 Å². The number of thioether (sulfide) groups is 1. The van der Waals surface area contributed by atoms with Crippen molar-refractivity contribution in [2.24, 2.45) is 11.7 Å². The van der Waals surface area contributed by atoms with Crippen molar-refractivity contribution in [1.29, 1.82) is 0 Å². The fourth-order valence-electron chi connectivity index (χ4n) is 2.42. The molecule has 0 spiro atoms. The first-order valence-electron chi connectivity index (χ1n) is 6.93. The van der Waals surface area contributed by atoms with E-state index in [4.69, 9.17) is 5.73 Å². The van der Waals surface area contributed by atoms with Gasteiger partial charge in [0.05, 0.1) is 11.3 Å². The molecule has 0 aliphatic carbocycles. The van der Waals surface area contributed by atoms with Crippen molar-refractivity contribution in [3.63, 3.8) is 0 Å². The van der Waals surface area contributed by atoms with Crippen molar-refractivity contribution in [3.8, 4) is 0 Å². The molecule has 5 nitrogen and oxygen atoms in total. The number of nitrogens with two attached hydrogens (primary N) is 1. The second-order valence-corrected chi connectivity index (χ2v) is 6.11. The van der Waals surface area contributed by atoms with Crippen molar-refractivity contribution in [2.75, 3.05) is 12.3 Å². The van der Waals surface area contributed by atoms with E-state index in [2.05, 4.69) is 0 Å². The maximum atomic E-state index is 12.5. The van der Waals surface area contributed by atoms with Crippen LogP contribution in [0.3, 0.4) is 0 Å². The average molecular weight is 288 g/mol. The number of aliphatic carboxylic acids is 1. The summed E-state index contributed by atoms with van der Waals surface area (Å²) >= 11 is 1.57. The number of carbonyl (C=O) groups excluding carboxylic acids is 1. The van der Waals surface area contributed by atoms with Crippen LogP contribution in [0.5, 0.6) is 0 Å². The fourth-order valence-corrected chi connectivity index (χ4v) is 3.94. The first kappa shape index (κ1) is 16.3. The number of hydrogen-bond acceptors (Lipinski definition) is 4. The third kappa shape index (κ3) is 3.86. The molecule has 1 heterocycles. The molecule has 110 valence electrons. The standard InChI is InChI=1S/C13H24N2O3S/c1-3-5-9(7-14)12(16)15-10(13(17)18)8-19-11(15)6-4-2/h9-11H,3-8,14H2,1-2H3,(H,17,18). The van der Waals surface area contributed by atoms with Gasteiger partial charge in [-0.2, -0.15) is 0 Å². The molecule has 6 heteroatoms. The Morgan fingerprint density at radius 2 is 2.11 bits per heavy atom. The number of rotatable bonds is 7. The highest BCUT2D eigenvalue weighted by molar-refractivity contribution is 8.00. The van der Waals surface area contributed by atoms with Crippen LogP contribution in [0.2, 0.25) is 0 Å². The lowest BCUT2D eigenvalue weighted by Crippen LogP contribution is -2.49. The molecule has 1 amide bonds. The Labute approximate surface area is 118 Å². The van der Waals surface area contributed by atoms with Crippen LogP contribution in [0.4, 0.5) is 0 Å². The Hall–Kier alpha value is -0.750. The zero-order chi connectivity index (χ0) is 14.4. The maximum absolute atomic E-state index is 12.5. The van der Waals surface area contributed by atoms with E-state index in [0.29, 0.717) is 12.3 Å². The van der Waals surface area contributed by atoms with E-state index >= 15 is 0 Å². The van der Waals surface area contributed by atoms with Gasteiger partial charge in [-0.05, 0) is 12.8 Å². The topological polar surface area (TPSA) is 83.6 Å². The molecular formula is C13H24N2O3S. The van der Waals surface area contributed by atoms with E-state index in [0.717, 1.165) is 25.7 Å². The summed E-state index contributed by atoms with van der Waals surface area (Å²) in [6.07, 6.45) is 3.38. The van der Waals surface area contributed by atoms with Crippen LogP contribution in [0.25, 0.3) is 0 Å². The molecule has 1 saturated heterocycles. The van der Waals surface area contributed by atoms with Gasteiger partial charge in [0.1, 0.15) is 6.04 Å². The highest BCUT2D eigenvalue weighted by Crippen LogP contribution is 2.33. The van der Waals surface area contributed by atoms with Crippen LogP contribution >= 0.6 is 11.8 Å². The van der Waals surface area contributed by atoms with Crippen LogP contribution < -0.4 is 5.73 Å². The quantitative estimate of drug-likeness (QED) is 0.742. The van der Waals surface area contributed by atoms with Gasteiger partial charge in [0.15, 0.2) is 0 Å². The van der Waals surface area contributed by atoms with Crippen LogP contribution in [-0.2, 0) is 9.59 Å². The number of amides is 1. The molecule has 19 heavy (non-hydrogen) atoms. The molecule has 0 radical (unpaired) electrons. The summed E-state index contributed by atoms with van der Waals surface area (Å²) in [7, 11) is 0. The lowest BCUT2D eigenvalue weighted by molar-refractivity contribution is -0.151. The predicted octanol–water partition coefficient (Wildman–Crippen LogP) is 1.52. The summed E-state index contributed by atoms with van der Waals surface area (Å²) in [6.45, 7) is 4.34. The van der Waals surface area contributed by atoms with Gasteiger partial charge in [0.2, 0.25) is 5.91 Å². The van der Waals surface area contributed by atoms with Crippen LogP contribution in [0.1, 0.15) is 39.5 Å². The molecule has 1 rings (SSSR count). The number of nitrogens with zero attached hydrogens (tertiary/aromatic N) is 1. The minimum absolute atomic E-state index is 0.00972. The van der Waals surface area contributed by atoms with Crippen molar-refractivity contribution in [2.45, 2.75) is 50.9 Å². The highest BCUT2D eigenvalue weighted by Gasteiger charge is 2.42. The Kier molecular flexibility index (Phi) is 6.65. The normalized spacial score (nSPS) is 24.5. The second kappa shape index (κ2) is 7.75. The molecule has 0 aromatic rings. The minimum Gasteiger partial charge on any atom is -0.480 e. The first-order valence-corrected chi connectivity index (χ1v) is 7.98. The van der Waals surface area contributed by atoms with Crippen LogP contribution in [0.15, 0.2) is 0 Å². The molecular weight excluding hydrogens is 264 g/mol. The molecule has 0 bridgehead atoms. The Morgan fingerprint density at radius 1 is 1.42 bits per heavy atom. The monoisotopic (exact) mass is 288 g/mol. The molecule has 3 N–H and O–H groups in total. The van der Waals surface area contributed by atoms with Crippen molar-refractivity contribution in [1.82, 2.24) is 4.90 Å². The van der Waals surface area contributed by atoms with E-state index in [-0.39, 0.29) is 17.2 Å². The third-order valence-corrected chi connectivity index (χ3v) is 4.79. The number of carbonyl (C=O) groups is 2. The molecule has 1 aliphatic heterocycles. The van der Waals surface area contributed by atoms with Crippen molar-refractivity contribution < 1.29 is 14.7 Å². The van der Waals surface area contributed by atoms with Crippen molar-refractivity contribution >= 4 is 23.6 Å².